The van der Waals surface area contributed by atoms with Gasteiger partial charge in [-0.25, -0.2) is 4.79 Å². The topological polar surface area (TPSA) is 189 Å². The normalized spacial score (nSPS) is 28.0. The van der Waals surface area contributed by atoms with Crippen molar-refractivity contribution in [1.29, 1.82) is 0 Å². The van der Waals surface area contributed by atoms with Crippen LogP contribution in [0, 0.1) is 0 Å². The first kappa shape index (κ1) is 19.2. The third kappa shape index (κ3) is 4.50. The fourth-order valence-electron chi connectivity index (χ4n) is 2.29. The van der Waals surface area contributed by atoms with Gasteiger partial charge in [0.1, 0.15) is 18.2 Å². The first-order valence-electron chi connectivity index (χ1n) is 7.41. The number of hydrogen-bond donors (Lipinski definition) is 6. The van der Waals surface area contributed by atoms with E-state index in [1.807, 2.05) is 0 Å². The van der Waals surface area contributed by atoms with Gasteiger partial charge >= 0.3 is 11.7 Å². The molecule has 2 rings (SSSR count). The van der Waals surface area contributed by atoms with Crippen LogP contribution < -0.4 is 16.9 Å². The van der Waals surface area contributed by atoms with Crippen molar-refractivity contribution in [1.82, 2.24) is 9.55 Å². The highest BCUT2D eigenvalue weighted by molar-refractivity contribution is 5.75. The van der Waals surface area contributed by atoms with Crippen LogP contribution in [0.1, 0.15) is 12.6 Å². The van der Waals surface area contributed by atoms with Gasteiger partial charge in [0.2, 0.25) is 0 Å². The van der Waals surface area contributed by atoms with E-state index in [0.717, 1.165) is 4.57 Å². The van der Waals surface area contributed by atoms with Gasteiger partial charge in [-0.15, -0.1) is 0 Å². The lowest BCUT2D eigenvalue weighted by atomic mass is 10.1. The lowest BCUT2D eigenvalue weighted by molar-refractivity contribution is -0.157. The summed E-state index contributed by atoms with van der Waals surface area (Å²) in [7, 11) is 0. The molecule has 5 atom stereocenters. The molecule has 0 aromatic carbocycles. The molecule has 1 aliphatic rings. The monoisotopic (exact) mass is 360 g/mol. The van der Waals surface area contributed by atoms with Gasteiger partial charge < -0.3 is 30.5 Å². The van der Waals surface area contributed by atoms with Crippen molar-refractivity contribution in [2.45, 2.75) is 37.0 Å². The second kappa shape index (κ2) is 8.33. The SMILES string of the molecule is N[C@H](CO)C(=O)OC1CO[C@@H](n2ccc(NO)nc2=O)[C@H](O)[C@H](O)C1. The van der Waals surface area contributed by atoms with E-state index in [4.69, 9.17) is 25.5 Å². The zero-order chi connectivity index (χ0) is 18.6. The highest BCUT2D eigenvalue weighted by Gasteiger charge is 2.37. The average molecular weight is 360 g/mol. The predicted molar refractivity (Wildman–Crippen MR) is 80.5 cm³/mol. The lowest BCUT2D eigenvalue weighted by Crippen LogP contribution is -2.40. The van der Waals surface area contributed by atoms with Crippen molar-refractivity contribution in [3.63, 3.8) is 0 Å². The Balaban J connectivity index is 2.15. The number of nitrogens with zero attached hydrogens (tertiary/aromatic N) is 2. The van der Waals surface area contributed by atoms with E-state index < -0.39 is 48.8 Å². The van der Waals surface area contributed by atoms with E-state index in [1.165, 1.54) is 12.3 Å². The van der Waals surface area contributed by atoms with Crippen molar-refractivity contribution in [3.8, 4) is 0 Å². The molecule has 0 spiro atoms. The van der Waals surface area contributed by atoms with E-state index in [-0.39, 0.29) is 18.8 Å². The molecule has 7 N–H and O–H groups in total. The van der Waals surface area contributed by atoms with Crippen molar-refractivity contribution in [3.05, 3.63) is 22.7 Å². The van der Waals surface area contributed by atoms with Gasteiger partial charge in [0.25, 0.3) is 0 Å². The van der Waals surface area contributed by atoms with Crippen LogP contribution in [0.25, 0.3) is 0 Å². The Hall–Kier alpha value is -2.09. The van der Waals surface area contributed by atoms with E-state index in [9.17, 15) is 19.8 Å². The molecule has 2 heterocycles. The van der Waals surface area contributed by atoms with Crippen LogP contribution in [0.15, 0.2) is 17.1 Å². The molecule has 1 fully saturated rings. The zero-order valence-corrected chi connectivity index (χ0v) is 13.1. The first-order valence-corrected chi connectivity index (χ1v) is 7.41. The Morgan fingerprint density at radius 3 is 2.88 bits per heavy atom. The number of ether oxygens (including phenoxy) is 2. The molecule has 0 bridgehead atoms. The highest BCUT2D eigenvalue weighted by Crippen LogP contribution is 2.24. The average Bonchev–Trinajstić information content (AvgIpc) is 2.73. The number of anilines is 1. The molecule has 1 saturated heterocycles. The molecule has 0 amide bonds. The molecule has 1 unspecified atom stereocenters. The van der Waals surface area contributed by atoms with Crippen LogP contribution in [-0.2, 0) is 14.3 Å². The van der Waals surface area contributed by atoms with Crippen LogP contribution in [0.5, 0.6) is 0 Å². The largest absolute Gasteiger partial charge is 0.459 e. The Morgan fingerprint density at radius 2 is 2.28 bits per heavy atom. The number of hydrogen-bond acceptors (Lipinski definition) is 11. The third-order valence-electron chi connectivity index (χ3n) is 3.64. The van der Waals surface area contributed by atoms with E-state index >= 15 is 0 Å². The van der Waals surface area contributed by atoms with Crippen molar-refractivity contribution >= 4 is 11.8 Å². The number of aliphatic hydroxyl groups is 3. The minimum Gasteiger partial charge on any atom is -0.459 e. The predicted octanol–water partition coefficient (Wildman–Crippen LogP) is -3.08. The smallest absolute Gasteiger partial charge is 0.351 e. The first-order chi connectivity index (χ1) is 11.9. The van der Waals surface area contributed by atoms with Crippen LogP contribution >= 0.6 is 0 Å². The van der Waals surface area contributed by atoms with Crippen molar-refractivity contribution in [2.75, 3.05) is 18.7 Å². The van der Waals surface area contributed by atoms with Gasteiger partial charge in [-0.3, -0.25) is 20.0 Å². The van der Waals surface area contributed by atoms with Crippen LogP contribution in [0.3, 0.4) is 0 Å². The number of nitrogens with one attached hydrogen (secondary N) is 1. The molecule has 140 valence electrons. The summed E-state index contributed by atoms with van der Waals surface area (Å²) in [6, 6.07) is 0.0263. The number of esters is 1. The second-order valence-electron chi connectivity index (χ2n) is 5.48. The maximum Gasteiger partial charge on any atom is 0.351 e. The van der Waals surface area contributed by atoms with Gasteiger partial charge in [-0.2, -0.15) is 4.98 Å². The molecule has 1 aliphatic heterocycles. The number of carbonyl (C=O) groups excluding carboxylic acids is 1. The standard InChI is InChI=1S/C13H20N4O8/c14-7(4-18)12(21)25-6-3-8(19)10(20)11(24-5-6)17-2-1-9(16-23)15-13(17)22/h1-2,6-8,10-11,18-20,23H,3-5,14H2,(H,15,16,22)/t6?,7-,8-,10-,11-/m1/s1. The Kier molecular flexibility index (Phi) is 6.41. The number of aromatic nitrogens is 2. The minimum absolute atomic E-state index is 0.102. The summed E-state index contributed by atoms with van der Waals surface area (Å²) in [6.07, 6.45) is -4.01. The van der Waals surface area contributed by atoms with Crippen molar-refractivity contribution in [2.24, 2.45) is 5.73 Å². The fraction of sp³-hybridized carbons (Fsp3) is 0.615. The van der Waals surface area contributed by atoms with Gasteiger partial charge in [-0.05, 0) is 6.07 Å². The Morgan fingerprint density at radius 1 is 1.56 bits per heavy atom. The molecule has 0 aliphatic carbocycles. The fourth-order valence-corrected chi connectivity index (χ4v) is 2.29. The molecular weight excluding hydrogens is 340 g/mol. The van der Waals surface area contributed by atoms with Crippen molar-refractivity contribution < 1.29 is 34.8 Å². The van der Waals surface area contributed by atoms with E-state index in [0.29, 0.717) is 0 Å². The molecule has 0 saturated carbocycles. The number of carbonyl (C=O) groups is 1. The number of aliphatic hydroxyl groups excluding tert-OH is 3. The van der Waals surface area contributed by atoms with Crippen LogP contribution in [0.4, 0.5) is 5.82 Å². The molecule has 12 nitrogen and oxygen atoms in total. The summed E-state index contributed by atoms with van der Waals surface area (Å²) >= 11 is 0. The van der Waals surface area contributed by atoms with Crippen LogP contribution in [0.2, 0.25) is 0 Å². The van der Waals surface area contributed by atoms with Crippen LogP contribution in [-0.4, -0.2) is 73.6 Å². The lowest BCUT2D eigenvalue weighted by Gasteiger charge is -2.24. The molecule has 1 aromatic heterocycles. The van der Waals surface area contributed by atoms with E-state index in [2.05, 4.69) is 4.98 Å². The summed E-state index contributed by atoms with van der Waals surface area (Å²) in [5.41, 5.74) is 6.21. The number of nitrogens with two attached hydrogens (primary N) is 1. The Labute approximate surface area is 141 Å². The zero-order valence-electron chi connectivity index (χ0n) is 13.1. The highest BCUT2D eigenvalue weighted by atomic mass is 16.6. The summed E-state index contributed by atoms with van der Waals surface area (Å²) in [5, 5.41) is 37.8. The molecule has 12 heteroatoms. The molecule has 25 heavy (non-hydrogen) atoms. The summed E-state index contributed by atoms with van der Waals surface area (Å²) < 4.78 is 11.4. The quantitative estimate of drug-likeness (QED) is 0.230. The van der Waals surface area contributed by atoms with Gasteiger partial charge in [0, 0.05) is 12.6 Å². The Bertz CT molecular complexity index is 653. The minimum atomic E-state index is -1.50. The van der Waals surface area contributed by atoms with Gasteiger partial charge in [0.15, 0.2) is 12.0 Å². The third-order valence-corrected chi connectivity index (χ3v) is 3.64. The molecular formula is C13H20N4O8. The maximum atomic E-state index is 11.9. The van der Waals surface area contributed by atoms with Gasteiger partial charge in [0.05, 0.1) is 19.3 Å². The van der Waals surface area contributed by atoms with Gasteiger partial charge in [-0.1, -0.05) is 0 Å². The summed E-state index contributed by atoms with van der Waals surface area (Å²) in [4.78, 5) is 27.1. The maximum absolute atomic E-state index is 11.9. The van der Waals surface area contributed by atoms with E-state index in [1.54, 1.807) is 5.48 Å². The molecule has 1 aromatic rings. The summed E-state index contributed by atoms with van der Waals surface area (Å²) in [6.45, 7) is -0.832. The summed E-state index contributed by atoms with van der Waals surface area (Å²) in [5.74, 6) is -0.983. The molecule has 0 radical (unpaired) electrons. The second-order valence-corrected chi connectivity index (χ2v) is 5.48. The number of rotatable bonds is 5.